The van der Waals surface area contributed by atoms with Crippen molar-refractivity contribution in [3.05, 3.63) is 40.8 Å². The molecule has 1 heterocycles. The van der Waals surface area contributed by atoms with Gasteiger partial charge in [-0.15, -0.1) is 0 Å². The van der Waals surface area contributed by atoms with Gasteiger partial charge >= 0.3 is 5.97 Å². The van der Waals surface area contributed by atoms with E-state index in [0.29, 0.717) is 15.6 Å². The molecular weight excluding hydrogens is 294 g/mol. The Morgan fingerprint density at radius 1 is 1.45 bits per heavy atom. The second-order valence-electron chi connectivity index (χ2n) is 4.22. The number of nitrogens with zero attached hydrogens (tertiary/aromatic N) is 1. The highest BCUT2D eigenvalue weighted by atomic mass is 32.2. The number of amides is 1. The van der Waals surface area contributed by atoms with Crippen LogP contribution in [0, 0.1) is 0 Å². The quantitative estimate of drug-likeness (QED) is 0.684. The lowest BCUT2D eigenvalue weighted by atomic mass is 10.2. The van der Waals surface area contributed by atoms with Gasteiger partial charge in [0.2, 0.25) is 0 Å². The number of hydrogen-bond donors (Lipinski definition) is 1. The van der Waals surface area contributed by atoms with Gasteiger partial charge in [-0.05, 0) is 18.1 Å². The maximum atomic E-state index is 12.3. The molecule has 1 aliphatic heterocycles. The van der Waals surface area contributed by atoms with E-state index in [4.69, 9.17) is 17.3 Å². The van der Waals surface area contributed by atoms with E-state index in [-0.39, 0.29) is 5.91 Å². The summed E-state index contributed by atoms with van der Waals surface area (Å²) in [6.45, 7) is 1.72. The van der Waals surface area contributed by atoms with E-state index in [9.17, 15) is 9.59 Å². The fourth-order valence-electron chi connectivity index (χ4n) is 1.92. The topological polar surface area (TPSA) is 57.6 Å². The molecular formula is C14H13NO3S2. The molecule has 1 aliphatic rings. The van der Waals surface area contributed by atoms with Crippen molar-refractivity contribution in [2.75, 3.05) is 0 Å². The summed E-state index contributed by atoms with van der Waals surface area (Å²) >= 11 is 6.28. The van der Waals surface area contributed by atoms with E-state index in [2.05, 4.69) is 0 Å². The molecule has 1 aromatic carbocycles. The summed E-state index contributed by atoms with van der Waals surface area (Å²) in [5.41, 5.74) is 0.886. The molecule has 0 radical (unpaired) electrons. The van der Waals surface area contributed by atoms with Gasteiger partial charge < -0.3 is 5.11 Å². The van der Waals surface area contributed by atoms with E-state index in [1.165, 1.54) is 4.90 Å². The number of benzene rings is 1. The predicted octanol–water partition coefficient (Wildman–Crippen LogP) is 2.75. The van der Waals surface area contributed by atoms with Crippen LogP contribution in [0.4, 0.5) is 0 Å². The summed E-state index contributed by atoms with van der Waals surface area (Å²) in [5, 5.41) is 9.16. The third kappa shape index (κ3) is 2.91. The molecule has 1 N–H and O–H groups in total. The van der Waals surface area contributed by atoms with Crippen LogP contribution < -0.4 is 0 Å². The molecule has 0 saturated carbocycles. The average Bonchev–Trinajstić information content (AvgIpc) is 2.68. The second-order valence-corrected chi connectivity index (χ2v) is 5.90. The van der Waals surface area contributed by atoms with Crippen molar-refractivity contribution in [1.82, 2.24) is 4.90 Å². The molecule has 0 unspecified atom stereocenters. The van der Waals surface area contributed by atoms with Gasteiger partial charge in [-0.3, -0.25) is 9.69 Å². The van der Waals surface area contributed by atoms with Gasteiger partial charge in [0, 0.05) is 0 Å². The first-order chi connectivity index (χ1) is 9.54. The number of thioether (sulfide) groups is 1. The molecule has 6 heteroatoms. The highest BCUT2D eigenvalue weighted by molar-refractivity contribution is 8.26. The van der Waals surface area contributed by atoms with Crippen molar-refractivity contribution in [1.29, 1.82) is 0 Å². The van der Waals surface area contributed by atoms with Crippen LogP contribution in [0.25, 0.3) is 6.08 Å². The summed E-state index contributed by atoms with van der Waals surface area (Å²) in [4.78, 5) is 25.2. The number of aliphatic carboxylic acids is 1. The van der Waals surface area contributed by atoms with Gasteiger partial charge in [-0.25, -0.2) is 4.79 Å². The van der Waals surface area contributed by atoms with Crippen LogP contribution in [-0.4, -0.2) is 32.2 Å². The molecule has 1 aromatic rings. The zero-order valence-corrected chi connectivity index (χ0v) is 12.4. The molecule has 0 aliphatic carbocycles. The van der Waals surface area contributed by atoms with E-state index in [1.54, 1.807) is 13.0 Å². The van der Waals surface area contributed by atoms with Crippen LogP contribution in [0.1, 0.15) is 18.9 Å². The summed E-state index contributed by atoms with van der Waals surface area (Å²) < 4.78 is 0.298. The minimum Gasteiger partial charge on any atom is -0.480 e. The van der Waals surface area contributed by atoms with E-state index in [1.807, 2.05) is 30.3 Å². The zero-order valence-electron chi connectivity index (χ0n) is 10.8. The first kappa shape index (κ1) is 14.7. The van der Waals surface area contributed by atoms with Crippen LogP contribution in [0.3, 0.4) is 0 Å². The molecule has 20 heavy (non-hydrogen) atoms. The average molecular weight is 307 g/mol. The maximum absolute atomic E-state index is 12.3. The van der Waals surface area contributed by atoms with E-state index >= 15 is 0 Å². The van der Waals surface area contributed by atoms with E-state index < -0.39 is 12.0 Å². The Labute approximate surface area is 126 Å². The SMILES string of the molecule is CC[C@@H](C(=O)O)N1C(=O)/C(=C/c2ccccc2)SC1=S. The fourth-order valence-corrected chi connectivity index (χ4v) is 3.27. The van der Waals surface area contributed by atoms with Crippen LogP contribution in [-0.2, 0) is 9.59 Å². The Kier molecular flexibility index (Phi) is 4.57. The Morgan fingerprint density at radius 2 is 2.10 bits per heavy atom. The predicted molar refractivity (Wildman–Crippen MR) is 83.2 cm³/mol. The highest BCUT2D eigenvalue weighted by Gasteiger charge is 2.39. The van der Waals surface area contributed by atoms with Crippen LogP contribution in [0.2, 0.25) is 0 Å². The summed E-state index contributed by atoms with van der Waals surface area (Å²) in [5.74, 6) is -1.37. The fraction of sp³-hybridized carbons (Fsp3) is 0.214. The first-order valence-corrected chi connectivity index (χ1v) is 7.32. The summed E-state index contributed by atoms with van der Waals surface area (Å²) in [6, 6.07) is 8.49. The minimum atomic E-state index is -1.04. The molecule has 1 amide bonds. The van der Waals surface area contributed by atoms with Gasteiger partial charge in [0.1, 0.15) is 10.4 Å². The monoisotopic (exact) mass is 307 g/mol. The van der Waals surface area contributed by atoms with Crippen molar-refractivity contribution >= 4 is 46.3 Å². The van der Waals surface area contributed by atoms with Crippen molar-refractivity contribution in [2.45, 2.75) is 19.4 Å². The number of rotatable bonds is 4. The third-order valence-corrected chi connectivity index (χ3v) is 4.23. The number of carbonyl (C=O) groups is 2. The number of carboxylic acid groups (broad SMARTS) is 1. The highest BCUT2D eigenvalue weighted by Crippen LogP contribution is 2.34. The Hall–Kier alpha value is -1.66. The molecule has 0 aromatic heterocycles. The Bertz CT molecular complexity index is 583. The van der Waals surface area contributed by atoms with Crippen molar-refractivity contribution in [2.24, 2.45) is 0 Å². The maximum Gasteiger partial charge on any atom is 0.326 e. The van der Waals surface area contributed by atoms with Crippen molar-refractivity contribution in [3.63, 3.8) is 0 Å². The number of hydrogen-bond acceptors (Lipinski definition) is 4. The zero-order chi connectivity index (χ0) is 14.7. The van der Waals surface area contributed by atoms with Crippen LogP contribution in [0.5, 0.6) is 0 Å². The van der Waals surface area contributed by atoms with Crippen molar-refractivity contribution < 1.29 is 14.7 Å². The molecule has 2 rings (SSSR count). The third-order valence-electron chi connectivity index (χ3n) is 2.90. The second kappa shape index (κ2) is 6.19. The van der Waals surface area contributed by atoms with Gasteiger partial charge in [0.15, 0.2) is 0 Å². The summed E-state index contributed by atoms with van der Waals surface area (Å²) in [7, 11) is 0. The lowest BCUT2D eigenvalue weighted by Crippen LogP contribution is -2.43. The van der Waals surface area contributed by atoms with E-state index in [0.717, 1.165) is 17.3 Å². The first-order valence-electron chi connectivity index (χ1n) is 6.09. The standard InChI is InChI=1S/C14H13NO3S2/c1-2-10(13(17)18)15-12(16)11(20-14(15)19)8-9-6-4-3-5-7-9/h3-8,10H,2H2,1H3,(H,17,18)/b11-8-/t10-/m0/s1. The molecule has 1 atom stereocenters. The van der Waals surface area contributed by atoms with Crippen LogP contribution in [0.15, 0.2) is 35.2 Å². The number of carbonyl (C=O) groups excluding carboxylic acids is 1. The molecule has 1 fully saturated rings. The molecule has 4 nitrogen and oxygen atoms in total. The smallest absolute Gasteiger partial charge is 0.326 e. The Morgan fingerprint density at radius 3 is 2.65 bits per heavy atom. The van der Waals surface area contributed by atoms with Crippen LogP contribution >= 0.6 is 24.0 Å². The lowest BCUT2D eigenvalue weighted by molar-refractivity contribution is -0.145. The van der Waals surface area contributed by atoms with Gasteiger partial charge in [-0.2, -0.15) is 0 Å². The largest absolute Gasteiger partial charge is 0.480 e. The van der Waals surface area contributed by atoms with Gasteiger partial charge in [0.05, 0.1) is 4.91 Å². The lowest BCUT2D eigenvalue weighted by Gasteiger charge is -2.21. The normalized spacial score (nSPS) is 18.6. The van der Waals surface area contributed by atoms with Gasteiger partial charge in [0.25, 0.3) is 5.91 Å². The molecule has 1 saturated heterocycles. The van der Waals surface area contributed by atoms with Crippen molar-refractivity contribution in [3.8, 4) is 0 Å². The number of carboxylic acids is 1. The van der Waals surface area contributed by atoms with Gasteiger partial charge in [-0.1, -0.05) is 61.2 Å². The molecule has 0 bridgehead atoms. The summed E-state index contributed by atoms with van der Waals surface area (Å²) in [6.07, 6.45) is 2.05. The molecule has 104 valence electrons. The molecule has 0 spiro atoms. The minimum absolute atomic E-state index is 0.298. The number of thiocarbonyl (C=S) groups is 1. The Balaban J connectivity index is 2.29.